The second-order valence-electron chi connectivity index (χ2n) is 2.87. The second-order valence-corrected chi connectivity index (χ2v) is 2.87. The van der Waals surface area contributed by atoms with Crippen molar-refractivity contribution in [2.75, 3.05) is 13.1 Å². The lowest BCUT2D eigenvalue weighted by molar-refractivity contribution is 0.416. The highest BCUT2D eigenvalue weighted by Crippen LogP contribution is 1.96. The van der Waals surface area contributed by atoms with Crippen molar-refractivity contribution >= 4 is 5.84 Å². The quantitative estimate of drug-likeness (QED) is 0.496. The van der Waals surface area contributed by atoms with E-state index in [2.05, 4.69) is 18.7 Å². The number of rotatable bonds is 5. The summed E-state index contributed by atoms with van der Waals surface area (Å²) in [6.45, 7) is 8.23. The molecule has 0 amide bonds. The van der Waals surface area contributed by atoms with Gasteiger partial charge in [0.05, 0.1) is 0 Å². The molecule has 2 nitrogen and oxygen atoms in total. The molecule has 0 rings (SSSR count). The summed E-state index contributed by atoms with van der Waals surface area (Å²) in [4.78, 5) is 2.11. The van der Waals surface area contributed by atoms with Crippen LogP contribution in [-0.4, -0.2) is 23.8 Å². The van der Waals surface area contributed by atoms with Gasteiger partial charge >= 0.3 is 0 Å². The first kappa shape index (κ1) is 11.2. The fourth-order valence-corrected chi connectivity index (χ4v) is 1.16. The lowest BCUT2D eigenvalue weighted by Gasteiger charge is -2.21. The standard InChI is InChI=1S/C10H20N2/c1-4-7-10(11)12(8-5-2)9-6-3/h4,7,11H,5-6,8-9H2,1-3H3. The van der Waals surface area contributed by atoms with Crippen LogP contribution in [0.4, 0.5) is 0 Å². The minimum Gasteiger partial charge on any atom is -0.357 e. The maximum Gasteiger partial charge on any atom is 0.120 e. The molecule has 0 aliphatic carbocycles. The van der Waals surface area contributed by atoms with Crippen LogP contribution >= 0.6 is 0 Å². The second kappa shape index (κ2) is 6.89. The average molecular weight is 168 g/mol. The summed E-state index contributed by atoms with van der Waals surface area (Å²) in [6, 6.07) is 0. The number of hydrogen-bond donors (Lipinski definition) is 1. The Hall–Kier alpha value is -0.790. The molecule has 0 bridgehead atoms. The van der Waals surface area contributed by atoms with Crippen LogP contribution in [0.15, 0.2) is 12.2 Å². The van der Waals surface area contributed by atoms with Gasteiger partial charge in [0.25, 0.3) is 0 Å². The third-order valence-electron chi connectivity index (χ3n) is 1.65. The lowest BCUT2D eigenvalue weighted by Crippen LogP contribution is -2.30. The van der Waals surface area contributed by atoms with Crippen LogP contribution in [0.1, 0.15) is 33.6 Å². The van der Waals surface area contributed by atoms with Crippen LogP contribution < -0.4 is 0 Å². The van der Waals surface area contributed by atoms with Crippen molar-refractivity contribution in [3.05, 3.63) is 12.2 Å². The van der Waals surface area contributed by atoms with E-state index in [1.807, 2.05) is 19.1 Å². The zero-order valence-electron chi connectivity index (χ0n) is 8.43. The number of amidine groups is 1. The first-order valence-corrected chi connectivity index (χ1v) is 4.72. The molecule has 2 heteroatoms. The van der Waals surface area contributed by atoms with Gasteiger partial charge in [-0.2, -0.15) is 0 Å². The molecule has 0 fully saturated rings. The fourth-order valence-electron chi connectivity index (χ4n) is 1.16. The van der Waals surface area contributed by atoms with Gasteiger partial charge in [0.1, 0.15) is 5.84 Å². The normalized spacial score (nSPS) is 10.6. The molecule has 0 radical (unpaired) electrons. The predicted molar refractivity (Wildman–Crippen MR) is 54.7 cm³/mol. The Morgan fingerprint density at radius 1 is 1.25 bits per heavy atom. The monoisotopic (exact) mass is 168 g/mol. The smallest absolute Gasteiger partial charge is 0.120 e. The van der Waals surface area contributed by atoms with E-state index in [9.17, 15) is 0 Å². The molecule has 0 aromatic carbocycles. The third kappa shape index (κ3) is 4.16. The number of allylic oxidation sites excluding steroid dienone is 1. The zero-order chi connectivity index (χ0) is 9.40. The Kier molecular flexibility index (Phi) is 6.44. The van der Waals surface area contributed by atoms with Gasteiger partial charge in [-0.25, -0.2) is 0 Å². The molecule has 0 unspecified atom stereocenters. The van der Waals surface area contributed by atoms with Crippen molar-refractivity contribution in [3.63, 3.8) is 0 Å². The van der Waals surface area contributed by atoms with Gasteiger partial charge in [-0.1, -0.05) is 19.9 Å². The van der Waals surface area contributed by atoms with Crippen molar-refractivity contribution in [1.29, 1.82) is 5.41 Å². The molecule has 0 atom stereocenters. The number of nitrogens with zero attached hydrogens (tertiary/aromatic N) is 1. The molecule has 1 N–H and O–H groups in total. The molecule has 0 aromatic heterocycles. The molecule has 0 spiro atoms. The zero-order valence-corrected chi connectivity index (χ0v) is 8.43. The summed E-state index contributed by atoms with van der Waals surface area (Å²) in [5.41, 5.74) is 0. The fraction of sp³-hybridized carbons (Fsp3) is 0.700. The van der Waals surface area contributed by atoms with Crippen molar-refractivity contribution in [2.24, 2.45) is 0 Å². The minimum atomic E-state index is 0.640. The highest BCUT2D eigenvalue weighted by atomic mass is 15.2. The number of nitrogens with one attached hydrogen (secondary N) is 1. The molecule has 0 saturated carbocycles. The van der Waals surface area contributed by atoms with E-state index in [4.69, 9.17) is 5.41 Å². The van der Waals surface area contributed by atoms with E-state index in [1.165, 1.54) is 0 Å². The van der Waals surface area contributed by atoms with Crippen molar-refractivity contribution in [2.45, 2.75) is 33.6 Å². The van der Waals surface area contributed by atoms with Gasteiger partial charge in [-0.15, -0.1) is 0 Å². The third-order valence-corrected chi connectivity index (χ3v) is 1.65. The predicted octanol–water partition coefficient (Wildman–Crippen LogP) is 2.66. The van der Waals surface area contributed by atoms with Crippen LogP contribution in [-0.2, 0) is 0 Å². The van der Waals surface area contributed by atoms with Gasteiger partial charge in [-0.05, 0) is 25.8 Å². The molecular weight excluding hydrogens is 148 g/mol. The summed E-state index contributed by atoms with van der Waals surface area (Å²) in [6.07, 6.45) is 5.99. The first-order chi connectivity index (χ1) is 5.76. The molecule has 0 aliphatic heterocycles. The van der Waals surface area contributed by atoms with E-state index in [1.54, 1.807) is 0 Å². The van der Waals surface area contributed by atoms with E-state index in [-0.39, 0.29) is 0 Å². The Morgan fingerprint density at radius 2 is 1.75 bits per heavy atom. The average Bonchev–Trinajstić information content (AvgIpc) is 2.04. The van der Waals surface area contributed by atoms with Gasteiger partial charge in [0.15, 0.2) is 0 Å². The summed E-state index contributed by atoms with van der Waals surface area (Å²) >= 11 is 0. The largest absolute Gasteiger partial charge is 0.357 e. The van der Waals surface area contributed by atoms with E-state index >= 15 is 0 Å². The van der Waals surface area contributed by atoms with Gasteiger partial charge in [-0.3, -0.25) is 5.41 Å². The Labute approximate surface area is 75.8 Å². The maximum atomic E-state index is 7.69. The topological polar surface area (TPSA) is 27.1 Å². The molecule has 70 valence electrons. The van der Waals surface area contributed by atoms with E-state index < -0.39 is 0 Å². The van der Waals surface area contributed by atoms with Crippen molar-refractivity contribution in [1.82, 2.24) is 4.90 Å². The Morgan fingerprint density at radius 3 is 2.08 bits per heavy atom. The van der Waals surface area contributed by atoms with Crippen molar-refractivity contribution < 1.29 is 0 Å². The first-order valence-electron chi connectivity index (χ1n) is 4.72. The van der Waals surface area contributed by atoms with Crippen LogP contribution in [0.2, 0.25) is 0 Å². The Bertz CT molecular complexity index is 144. The molecule has 12 heavy (non-hydrogen) atoms. The highest BCUT2D eigenvalue weighted by molar-refractivity contribution is 5.90. The van der Waals surface area contributed by atoms with Crippen LogP contribution in [0.3, 0.4) is 0 Å². The number of hydrogen-bond acceptors (Lipinski definition) is 1. The molecule has 0 aromatic rings. The van der Waals surface area contributed by atoms with Gasteiger partial charge in [0, 0.05) is 13.1 Å². The molecular formula is C10H20N2. The highest BCUT2D eigenvalue weighted by Gasteiger charge is 2.02. The van der Waals surface area contributed by atoms with Crippen LogP contribution in [0.5, 0.6) is 0 Å². The van der Waals surface area contributed by atoms with Crippen LogP contribution in [0, 0.1) is 5.41 Å². The van der Waals surface area contributed by atoms with Gasteiger partial charge in [0.2, 0.25) is 0 Å². The molecule has 0 heterocycles. The van der Waals surface area contributed by atoms with Gasteiger partial charge < -0.3 is 4.90 Å². The Balaban J connectivity index is 3.98. The molecule has 0 saturated heterocycles. The summed E-state index contributed by atoms with van der Waals surface area (Å²) in [7, 11) is 0. The SMILES string of the molecule is CC=CC(=N)N(CCC)CCC. The summed E-state index contributed by atoms with van der Waals surface area (Å²) in [5, 5.41) is 7.69. The maximum absolute atomic E-state index is 7.69. The lowest BCUT2D eigenvalue weighted by atomic mass is 10.3. The van der Waals surface area contributed by atoms with Crippen LogP contribution in [0.25, 0.3) is 0 Å². The minimum absolute atomic E-state index is 0.640. The summed E-state index contributed by atoms with van der Waals surface area (Å²) < 4.78 is 0. The van der Waals surface area contributed by atoms with Crippen molar-refractivity contribution in [3.8, 4) is 0 Å². The molecule has 0 aliphatic rings. The summed E-state index contributed by atoms with van der Waals surface area (Å²) in [5.74, 6) is 0.640. The van der Waals surface area contributed by atoms with E-state index in [0.717, 1.165) is 25.9 Å². The van der Waals surface area contributed by atoms with E-state index in [0.29, 0.717) is 5.84 Å².